The van der Waals surface area contributed by atoms with Gasteiger partial charge < -0.3 is 20.2 Å². The van der Waals surface area contributed by atoms with Crippen LogP contribution in [0.3, 0.4) is 0 Å². The molecule has 0 saturated carbocycles. The number of furan rings is 1. The van der Waals surface area contributed by atoms with Gasteiger partial charge in [0.1, 0.15) is 17.3 Å². The van der Waals surface area contributed by atoms with Crippen molar-refractivity contribution in [3.63, 3.8) is 0 Å². The van der Waals surface area contributed by atoms with Crippen LogP contribution in [0.2, 0.25) is 0 Å². The molecule has 21 heavy (non-hydrogen) atoms. The van der Waals surface area contributed by atoms with Crippen molar-refractivity contribution in [3.8, 4) is 5.75 Å². The molecule has 0 aliphatic rings. The highest BCUT2D eigenvalue weighted by Crippen LogP contribution is 2.29. The number of halogens is 2. The largest absolute Gasteiger partial charge is 0.479 e. The van der Waals surface area contributed by atoms with Gasteiger partial charge in [-0.05, 0) is 41.1 Å². The minimum atomic E-state index is -0.817. The lowest BCUT2D eigenvalue weighted by atomic mass is 10.3. The predicted octanol–water partition coefficient (Wildman–Crippen LogP) is 2.85. The summed E-state index contributed by atoms with van der Waals surface area (Å²) in [4.78, 5) is 11.9. The average Bonchev–Trinajstić information content (AvgIpc) is 2.95. The van der Waals surface area contributed by atoms with E-state index < -0.39 is 11.9 Å². The third-order valence-electron chi connectivity index (χ3n) is 2.74. The van der Waals surface area contributed by atoms with Crippen LogP contribution in [0.5, 0.6) is 5.75 Å². The molecule has 0 bridgehead atoms. The van der Waals surface area contributed by atoms with Crippen LogP contribution >= 0.6 is 15.9 Å². The minimum Gasteiger partial charge on any atom is -0.479 e. The number of carbonyl (C=O) groups is 1. The van der Waals surface area contributed by atoms with Crippen LogP contribution in [0.25, 0.3) is 0 Å². The number of hydrogen-bond acceptors (Lipinski definition) is 4. The number of hydrogen-bond donors (Lipinski definition) is 2. The van der Waals surface area contributed by atoms with E-state index in [9.17, 15) is 9.18 Å². The number of benzene rings is 1. The van der Waals surface area contributed by atoms with Crippen molar-refractivity contribution in [3.05, 3.63) is 46.6 Å². The second kappa shape index (κ2) is 6.62. The first-order chi connectivity index (χ1) is 9.97. The van der Waals surface area contributed by atoms with Gasteiger partial charge in [0.05, 0.1) is 23.0 Å². The van der Waals surface area contributed by atoms with E-state index in [4.69, 9.17) is 14.9 Å². The molecular weight excluding hydrogens is 343 g/mol. The van der Waals surface area contributed by atoms with Gasteiger partial charge in [0, 0.05) is 6.07 Å². The SMILES string of the molecule is CC(Oc1cc(F)c(Br)cc1N)C(=O)NCc1ccco1. The predicted molar refractivity (Wildman–Crippen MR) is 79.2 cm³/mol. The van der Waals surface area contributed by atoms with Crippen molar-refractivity contribution in [2.75, 3.05) is 5.73 Å². The Balaban J connectivity index is 1.95. The van der Waals surface area contributed by atoms with Crippen LogP contribution in [0.15, 0.2) is 39.4 Å². The molecule has 0 aliphatic heterocycles. The maximum Gasteiger partial charge on any atom is 0.261 e. The molecule has 0 aliphatic carbocycles. The second-order valence-corrected chi connectivity index (χ2v) is 5.22. The molecule has 7 heteroatoms. The summed E-state index contributed by atoms with van der Waals surface area (Å²) in [5.41, 5.74) is 5.97. The quantitative estimate of drug-likeness (QED) is 0.807. The number of nitrogen functional groups attached to an aromatic ring is 1. The van der Waals surface area contributed by atoms with Crippen molar-refractivity contribution in [2.45, 2.75) is 19.6 Å². The highest BCUT2D eigenvalue weighted by molar-refractivity contribution is 9.10. The number of anilines is 1. The molecule has 112 valence electrons. The van der Waals surface area contributed by atoms with Crippen LogP contribution in [-0.4, -0.2) is 12.0 Å². The van der Waals surface area contributed by atoms with Gasteiger partial charge in [-0.3, -0.25) is 4.79 Å². The standard InChI is InChI=1S/C14H14BrFN2O3/c1-8(14(19)18-7-9-3-2-4-20-9)21-13-6-11(16)10(15)5-12(13)17/h2-6,8H,7,17H2,1H3,(H,18,19). The highest BCUT2D eigenvalue weighted by Gasteiger charge is 2.17. The van der Waals surface area contributed by atoms with Gasteiger partial charge in [-0.2, -0.15) is 0 Å². The third kappa shape index (κ3) is 3.98. The molecule has 0 radical (unpaired) electrons. The molecule has 1 atom stereocenters. The van der Waals surface area contributed by atoms with E-state index in [1.54, 1.807) is 19.1 Å². The number of nitrogens with one attached hydrogen (secondary N) is 1. The van der Waals surface area contributed by atoms with Crippen LogP contribution in [0.4, 0.5) is 10.1 Å². The molecule has 2 rings (SSSR count). The van der Waals surface area contributed by atoms with Crippen molar-refractivity contribution in [2.24, 2.45) is 0 Å². The first-order valence-corrected chi connectivity index (χ1v) is 6.98. The van der Waals surface area contributed by atoms with Gasteiger partial charge in [-0.1, -0.05) is 0 Å². The summed E-state index contributed by atoms with van der Waals surface area (Å²) in [6.07, 6.45) is 0.704. The Morgan fingerprint density at radius 2 is 2.33 bits per heavy atom. The molecule has 5 nitrogen and oxygen atoms in total. The van der Waals surface area contributed by atoms with Gasteiger partial charge in [0.25, 0.3) is 5.91 Å². The van der Waals surface area contributed by atoms with E-state index in [-0.39, 0.29) is 28.4 Å². The maximum absolute atomic E-state index is 13.4. The van der Waals surface area contributed by atoms with Gasteiger partial charge in [-0.15, -0.1) is 0 Å². The van der Waals surface area contributed by atoms with Crippen LogP contribution < -0.4 is 15.8 Å². The first kappa shape index (κ1) is 15.4. The van der Waals surface area contributed by atoms with E-state index in [2.05, 4.69) is 21.2 Å². The van der Waals surface area contributed by atoms with Crippen molar-refractivity contribution in [1.29, 1.82) is 0 Å². The van der Waals surface area contributed by atoms with E-state index in [1.165, 1.54) is 12.3 Å². The summed E-state index contributed by atoms with van der Waals surface area (Å²) in [5, 5.41) is 2.65. The summed E-state index contributed by atoms with van der Waals surface area (Å²) in [6, 6.07) is 5.99. The summed E-state index contributed by atoms with van der Waals surface area (Å²) in [6.45, 7) is 1.81. The monoisotopic (exact) mass is 356 g/mol. The van der Waals surface area contributed by atoms with Gasteiger partial charge >= 0.3 is 0 Å². The first-order valence-electron chi connectivity index (χ1n) is 6.18. The second-order valence-electron chi connectivity index (χ2n) is 4.36. The zero-order valence-electron chi connectivity index (χ0n) is 11.2. The Bertz CT molecular complexity index is 631. The number of nitrogens with two attached hydrogens (primary N) is 1. The summed E-state index contributed by atoms with van der Waals surface area (Å²) >= 11 is 3.02. The molecule has 1 unspecified atom stereocenters. The number of carbonyl (C=O) groups excluding carboxylic acids is 1. The van der Waals surface area contributed by atoms with E-state index in [0.29, 0.717) is 5.76 Å². The van der Waals surface area contributed by atoms with Gasteiger partial charge in [-0.25, -0.2) is 4.39 Å². The molecule has 0 fully saturated rings. The molecule has 0 spiro atoms. The van der Waals surface area contributed by atoms with E-state index in [1.807, 2.05) is 0 Å². The fourth-order valence-corrected chi connectivity index (χ4v) is 1.98. The van der Waals surface area contributed by atoms with Gasteiger partial charge in [0.15, 0.2) is 6.10 Å². The Morgan fingerprint density at radius 1 is 1.57 bits per heavy atom. The molecular formula is C14H14BrFN2O3. The molecule has 3 N–H and O–H groups in total. The average molecular weight is 357 g/mol. The summed E-state index contributed by atoms with van der Waals surface area (Å²) in [5.74, 6) is -0.113. The highest BCUT2D eigenvalue weighted by atomic mass is 79.9. The minimum absolute atomic E-state index is 0.122. The zero-order valence-corrected chi connectivity index (χ0v) is 12.8. The smallest absolute Gasteiger partial charge is 0.261 e. The fraction of sp³-hybridized carbons (Fsp3) is 0.214. The Labute approximate surface area is 129 Å². The van der Waals surface area contributed by atoms with Crippen LogP contribution in [0.1, 0.15) is 12.7 Å². The topological polar surface area (TPSA) is 77.5 Å². The molecule has 2 aromatic rings. The van der Waals surface area contributed by atoms with Crippen molar-refractivity contribution in [1.82, 2.24) is 5.32 Å². The summed E-state index contributed by atoms with van der Waals surface area (Å²) < 4.78 is 24.2. The number of rotatable bonds is 5. The maximum atomic E-state index is 13.4. The molecule has 1 amide bonds. The Morgan fingerprint density at radius 3 is 3.00 bits per heavy atom. The van der Waals surface area contributed by atoms with Crippen LogP contribution in [0, 0.1) is 5.82 Å². The third-order valence-corrected chi connectivity index (χ3v) is 3.35. The van der Waals surface area contributed by atoms with Gasteiger partial charge in [0.2, 0.25) is 0 Å². The Kier molecular flexibility index (Phi) is 4.85. The molecule has 1 aromatic heterocycles. The van der Waals surface area contributed by atoms with Crippen molar-refractivity contribution >= 4 is 27.5 Å². The fourth-order valence-electron chi connectivity index (χ4n) is 1.62. The van der Waals surface area contributed by atoms with Crippen LogP contribution in [-0.2, 0) is 11.3 Å². The normalized spacial score (nSPS) is 12.0. The number of amides is 1. The molecule has 1 aromatic carbocycles. The van der Waals surface area contributed by atoms with Crippen molar-refractivity contribution < 1.29 is 18.3 Å². The summed E-state index contributed by atoms with van der Waals surface area (Å²) in [7, 11) is 0. The van der Waals surface area contributed by atoms with E-state index >= 15 is 0 Å². The Hall–Kier alpha value is -2.02. The molecule has 0 saturated heterocycles. The lowest BCUT2D eigenvalue weighted by Crippen LogP contribution is -2.36. The number of ether oxygens (including phenoxy) is 1. The lowest BCUT2D eigenvalue weighted by molar-refractivity contribution is -0.127. The molecule has 1 heterocycles. The zero-order chi connectivity index (χ0) is 15.4. The lowest BCUT2D eigenvalue weighted by Gasteiger charge is -2.16. The van der Waals surface area contributed by atoms with E-state index in [0.717, 1.165) is 6.07 Å².